The molecule has 0 aromatic carbocycles. The summed E-state index contributed by atoms with van der Waals surface area (Å²) in [6.45, 7) is 8.06. The van der Waals surface area contributed by atoms with Crippen molar-refractivity contribution in [1.82, 2.24) is 9.80 Å². The van der Waals surface area contributed by atoms with Gasteiger partial charge in [0, 0.05) is 19.6 Å². The van der Waals surface area contributed by atoms with E-state index in [1.165, 1.54) is 12.8 Å². The normalized spacial score (nSPS) is 25.5. The number of hydrogen-bond acceptors (Lipinski definition) is 2. The minimum Gasteiger partial charge on any atom is -0.372 e. The van der Waals surface area contributed by atoms with Crippen molar-refractivity contribution < 1.29 is 9.53 Å². The maximum atomic E-state index is 12.4. The van der Waals surface area contributed by atoms with Gasteiger partial charge in [0.2, 0.25) is 0 Å². The van der Waals surface area contributed by atoms with Crippen molar-refractivity contribution in [3.8, 4) is 0 Å². The maximum absolute atomic E-state index is 12.4. The first kappa shape index (κ1) is 12.7. The van der Waals surface area contributed by atoms with E-state index in [9.17, 15) is 4.79 Å². The highest BCUT2D eigenvalue weighted by atomic mass is 16.5. The number of ether oxygens (including phenoxy) is 1. The highest BCUT2D eigenvalue weighted by Crippen LogP contribution is 2.19. The SMILES string of the molecule is CC1(C)CN(C(=O)N2CCCCCC2)CCO1. The molecule has 2 rings (SSSR count). The topological polar surface area (TPSA) is 32.8 Å². The molecule has 98 valence electrons. The van der Waals surface area contributed by atoms with Crippen LogP contribution in [0.5, 0.6) is 0 Å². The van der Waals surface area contributed by atoms with Gasteiger partial charge in [-0.3, -0.25) is 0 Å². The third kappa shape index (κ3) is 3.35. The molecule has 17 heavy (non-hydrogen) atoms. The van der Waals surface area contributed by atoms with Crippen LogP contribution in [0.3, 0.4) is 0 Å². The van der Waals surface area contributed by atoms with Gasteiger partial charge in [0.1, 0.15) is 0 Å². The predicted octanol–water partition coefficient (Wildman–Crippen LogP) is 2.09. The molecule has 0 atom stereocenters. The van der Waals surface area contributed by atoms with Crippen LogP contribution in [0.2, 0.25) is 0 Å². The molecule has 2 saturated heterocycles. The van der Waals surface area contributed by atoms with E-state index in [1.54, 1.807) is 0 Å². The van der Waals surface area contributed by atoms with Crippen molar-refractivity contribution in [3.63, 3.8) is 0 Å². The largest absolute Gasteiger partial charge is 0.372 e. The first-order valence-corrected chi connectivity index (χ1v) is 6.76. The average molecular weight is 240 g/mol. The summed E-state index contributed by atoms with van der Waals surface area (Å²) in [6, 6.07) is 0.211. The number of carbonyl (C=O) groups is 1. The predicted molar refractivity (Wildman–Crippen MR) is 67.0 cm³/mol. The molecule has 0 saturated carbocycles. The highest BCUT2D eigenvalue weighted by Gasteiger charge is 2.32. The van der Waals surface area contributed by atoms with Crippen LogP contribution < -0.4 is 0 Å². The highest BCUT2D eigenvalue weighted by molar-refractivity contribution is 5.74. The first-order valence-electron chi connectivity index (χ1n) is 6.76. The number of amides is 2. The molecule has 0 bridgehead atoms. The maximum Gasteiger partial charge on any atom is 0.320 e. The number of morpholine rings is 1. The molecule has 0 radical (unpaired) electrons. The van der Waals surface area contributed by atoms with Crippen LogP contribution in [0, 0.1) is 0 Å². The summed E-state index contributed by atoms with van der Waals surface area (Å²) in [6.07, 6.45) is 4.83. The van der Waals surface area contributed by atoms with Gasteiger partial charge in [-0.25, -0.2) is 4.79 Å². The van der Waals surface area contributed by atoms with Gasteiger partial charge in [0.15, 0.2) is 0 Å². The third-order valence-electron chi connectivity index (χ3n) is 3.57. The van der Waals surface area contributed by atoms with Gasteiger partial charge in [-0.05, 0) is 26.7 Å². The van der Waals surface area contributed by atoms with Gasteiger partial charge in [0.05, 0.1) is 18.8 Å². The average Bonchev–Trinajstić information content (AvgIpc) is 2.55. The van der Waals surface area contributed by atoms with Crippen LogP contribution in [0.15, 0.2) is 0 Å². The van der Waals surface area contributed by atoms with Crippen LogP contribution >= 0.6 is 0 Å². The molecule has 4 heteroatoms. The van der Waals surface area contributed by atoms with Crippen LogP contribution in [-0.4, -0.2) is 54.2 Å². The summed E-state index contributed by atoms with van der Waals surface area (Å²) in [5, 5.41) is 0. The lowest BCUT2D eigenvalue weighted by Gasteiger charge is -2.40. The Labute approximate surface area is 104 Å². The fourth-order valence-electron chi connectivity index (χ4n) is 2.64. The van der Waals surface area contributed by atoms with Crippen LogP contribution in [0.25, 0.3) is 0 Å². The molecule has 2 amide bonds. The molecule has 2 heterocycles. The Bertz CT molecular complexity index is 271. The Morgan fingerprint density at radius 3 is 2.24 bits per heavy atom. The van der Waals surface area contributed by atoms with Gasteiger partial charge in [-0.15, -0.1) is 0 Å². The second kappa shape index (κ2) is 5.25. The zero-order valence-corrected chi connectivity index (χ0v) is 11.1. The molecule has 0 aliphatic carbocycles. The van der Waals surface area contributed by atoms with Gasteiger partial charge in [0.25, 0.3) is 0 Å². The lowest BCUT2D eigenvalue weighted by molar-refractivity contribution is -0.0763. The molecule has 0 unspecified atom stereocenters. The van der Waals surface area contributed by atoms with Crippen molar-refractivity contribution in [2.45, 2.75) is 45.1 Å². The van der Waals surface area contributed by atoms with Crippen molar-refractivity contribution in [3.05, 3.63) is 0 Å². The molecule has 2 fully saturated rings. The molecule has 0 spiro atoms. The van der Waals surface area contributed by atoms with E-state index in [4.69, 9.17) is 4.74 Å². The summed E-state index contributed by atoms with van der Waals surface area (Å²) in [5.74, 6) is 0. The number of hydrogen-bond donors (Lipinski definition) is 0. The van der Waals surface area contributed by atoms with Gasteiger partial charge in [-0.2, -0.15) is 0 Å². The number of nitrogens with zero attached hydrogens (tertiary/aromatic N) is 2. The summed E-state index contributed by atoms with van der Waals surface area (Å²) in [7, 11) is 0. The smallest absolute Gasteiger partial charge is 0.320 e. The van der Waals surface area contributed by atoms with E-state index in [1.807, 2.05) is 9.80 Å². The number of urea groups is 1. The summed E-state index contributed by atoms with van der Waals surface area (Å²) >= 11 is 0. The fourth-order valence-corrected chi connectivity index (χ4v) is 2.64. The van der Waals surface area contributed by atoms with E-state index in [-0.39, 0.29) is 11.6 Å². The second-order valence-corrected chi connectivity index (χ2v) is 5.71. The molecule has 0 N–H and O–H groups in total. The molecule has 0 aromatic rings. The first-order chi connectivity index (χ1) is 8.08. The minimum absolute atomic E-state index is 0.195. The van der Waals surface area contributed by atoms with Gasteiger partial charge >= 0.3 is 6.03 Å². The van der Waals surface area contributed by atoms with Crippen LogP contribution in [0.4, 0.5) is 4.79 Å². The molecular weight excluding hydrogens is 216 g/mol. The summed E-state index contributed by atoms with van der Waals surface area (Å²) in [5.41, 5.74) is -0.195. The van der Waals surface area contributed by atoms with Crippen LogP contribution in [-0.2, 0) is 4.74 Å². The second-order valence-electron chi connectivity index (χ2n) is 5.71. The number of rotatable bonds is 0. The molecule has 2 aliphatic heterocycles. The van der Waals surface area contributed by atoms with Crippen LogP contribution in [0.1, 0.15) is 39.5 Å². The quantitative estimate of drug-likeness (QED) is 0.649. The third-order valence-corrected chi connectivity index (χ3v) is 3.57. The van der Waals surface area contributed by atoms with E-state index >= 15 is 0 Å². The number of likely N-dealkylation sites (tertiary alicyclic amines) is 1. The standard InChI is InChI=1S/C13H24N2O2/c1-13(2)11-15(9-10-17-13)12(16)14-7-5-3-4-6-8-14/h3-11H2,1-2H3. The summed E-state index contributed by atoms with van der Waals surface area (Å²) in [4.78, 5) is 16.4. The fraction of sp³-hybridized carbons (Fsp3) is 0.923. The monoisotopic (exact) mass is 240 g/mol. The molecule has 0 aromatic heterocycles. The van der Waals surface area contributed by atoms with E-state index in [0.717, 1.165) is 32.5 Å². The Morgan fingerprint density at radius 1 is 1.00 bits per heavy atom. The Balaban J connectivity index is 1.93. The van der Waals surface area contributed by atoms with Crippen molar-refractivity contribution in [2.75, 3.05) is 32.8 Å². The van der Waals surface area contributed by atoms with E-state index in [0.29, 0.717) is 13.2 Å². The minimum atomic E-state index is -0.195. The zero-order valence-electron chi connectivity index (χ0n) is 11.1. The van der Waals surface area contributed by atoms with Crippen molar-refractivity contribution in [2.24, 2.45) is 0 Å². The lowest BCUT2D eigenvalue weighted by atomic mass is 10.1. The van der Waals surface area contributed by atoms with Gasteiger partial charge < -0.3 is 14.5 Å². The molecule has 2 aliphatic rings. The van der Waals surface area contributed by atoms with Gasteiger partial charge in [-0.1, -0.05) is 12.8 Å². The van der Waals surface area contributed by atoms with E-state index < -0.39 is 0 Å². The van der Waals surface area contributed by atoms with Crippen molar-refractivity contribution >= 4 is 6.03 Å². The summed E-state index contributed by atoms with van der Waals surface area (Å²) < 4.78 is 5.65. The molecular formula is C13H24N2O2. The Hall–Kier alpha value is -0.770. The number of carbonyl (C=O) groups excluding carboxylic acids is 1. The Kier molecular flexibility index (Phi) is 3.92. The molecule has 4 nitrogen and oxygen atoms in total. The Morgan fingerprint density at radius 2 is 1.65 bits per heavy atom. The zero-order chi connectivity index (χ0) is 12.3. The lowest BCUT2D eigenvalue weighted by Crippen LogP contribution is -2.54. The van der Waals surface area contributed by atoms with E-state index in [2.05, 4.69) is 13.8 Å². The van der Waals surface area contributed by atoms with Crippen molar-refractivity contribution in [1.29, 1.82) is 0 Å².